The van der Waals surface area contributed by atoms with E-state index in [-0.39, 0.29) is 0 Å². The number of benzene rings is 1. The minimum Gasteiger partial charge on any atom is -0.0508 e. The zero-order chi connectivity index (χ0) is 14.0. The maximum atomic E-state index is 9.91. The van der Waals surface area contributed by atoms with Gasteiger partial charge in [0.05, 0.1) is 0 Å². The summed E-state index contributed by atoms with van der Waals surface area (Å²) < 4.78 is 61.2. The van der Waals surface area contributed by atoms with E-state index in [9.17, 15) is 20.8 Å². The monoisotopic (exact) mass is 450 g/mol. The molecule has 1 aromatic carbocycles. The van der Waals surface area contributed by atoms with Crippen LogP contribution in [-0.4, -0.2) is 14.2 Å². The average molecular weight is 452 g/mol. The first-order valence-electron chi connectivity index (χ1n) is 3.55. The summed E-state index contributed by atoms with van der Waals surface area (Å²) in [4.78, 5) is 3.04. The molecule has 0 N–H and O–H groups in total. The number of rotatable bonds is 0. The Hall–Kier alpha value is -0.262. The molecule has 0 aliphatic heterocycles. The molecule has 0 radical (unpaired) electrons. The molecule has 2 nitrogen and oxygen atoms in total. The third-order valence-corrected chi connectivity index (χ3v) is 2.15. The molecule has 0 saturated carbocycles. The zero-order valence-corrected chi connectivity index (χ0v) is 12.6. The summed E-state index contributed by atoms with van der Waals surface area (Å²) >= 11 is -4.57. The molecular weight excluding hydrogens is 449 g/mol. The molecule has 0 heterocycles. The predicted octanol–water partition coefficient (Wildman–Crippen LogP) is 5.84. The van der Waals surface area contributed by atoms with Crippen molar-refractivity contribution in [2.75, 3.05) is 0 Å². The van der Waals surface area contributed by atoms with Gasteiger partial charge < -0.3 is 0 Å². The molecule has 1 rings (SSSR count). The van der Waals surface area contributed by atoms with E-state index >= 15 is 0 Å². The van der Waals surface area contributed by atoms with Crippen LogP contribution in [0, 0.1) is 5.39 Å². The number of diazo groups is 1. The second-order valence-electron chi connectivity index (χ2n) is 2.65. The van der Waals surface area contributed by atoms with Crippen molar-refractivity contribution in [1.29, 1.82) is 5.39 Å². The van der Waals surface area contributed by atoms with E-state index in [1.807, 2.05) is 6.07 Å². The second kappa shape index (κ2) is 4.44. The molecule has 0 bridgehead atoms. The summed E-state index contributed by atoms with van der Waals surface area (Å²) in [5.41, 5.74) is 0.531. The Bertz CT molecular complexity index is 453. The van der Waals surface area contributed by atoms with Gasteiger partial charge in [-0.1, -0.05) is 15.9 Å². The predicted molar refractivity (Wildman–Crippen MR) is 59.0 cm³/mol. The topological polar surface area (TPSA) is 28.1 Å². The van der Waals surface area contributed by atoms with Crippen LogP contribution >= 0.6 is 31.9 Å². The van der Waals surface area contributed by atoms with Crippen molar-refractivity contribution >= 4 is 51.7 Å². The van der Waals surface area contributed by atoms with Crippen LogP contribution in [0.25, 0.3) is 4.98 Å². The van der Waals surface area contributed by atoms with Crippen LogP contribution in [-0.2, 0) is 0 Å². The van der Waals surface area contributed by atoms with Crippen LogP contribution in [0.3, 0.4) is 0 Å². The molecule has 0 unspecified atom stereocenters. The minimum absolute atomic E-state index is 0.531. The van der Waals surface area contributed by atoms with Gasteiger partial charge >= 0.3 is 40.7 Å². The van der Waals surface area contributed by atoms with Crippen LogP contribution in [0.2, 0.25) is 0 Å². The van der Waals surface area contributed by atoms with Crippen molar-refractivity contribution in [3.8, 4) is 0 Å². The largest absolute Gasteiger partial charge is 0.399 e. The van der Waals surface area contributed by atoms with Crippen LogP contribution in [0.15, 0.2) is 27.1 Å². The maximum absolute atomic E-state index is 11.1. The Morgan fingerprint density at radius 1 is 1.00 bits per heavy atom. The Morgan fingerprint density at radius 3 is 1.71 bits per heavy atom. The van der Waals surface area contributed by atoms with Crippen molar-refractivity contribution in [2.24, 2.45) is 0 Å². The number of hydrogen-bond acceptors (Lipinski definition) is 1. The molecule has 0 aliphatic carbocycles. The van der Waals surface area contributed by atoms with E-state index in [1.165, 1.54) is 0 Å². The standard InChI is InChI=1S/C6H3Br2N2.AsF6/c7-4-1-2-6(10-9)5(8)3-4;2-1(3,4,5,6)7/h1-3H;/q+1;-1. The summed E-state index contributed by atoms with van der Waals surface area (Å²) in [7, 11) is 0. The number of nitrogens with zero attached hydrogens (tertiary/aromatic N) is 2. The Labute approximate surface area is 110 Å². The van der Waals surface area contributed by atoms with Gasteiger partial charge in [-0.25, -0.2) is 0 Å². The van der Waals surface area contributed by atoms with Gasteiger partial charge in [0.25, 0.3) is 0 Å². The summed E-state index contributed by atoms with van der Waals surface area (Å²) in [5, 5.41) is 8.39. The normalized spacial score (nSPS) is 14.8. The third kappa shape index (κ3) is 13.7. The van der Waals surface area contributed by atoms with Gasteiger partial charge in [-0.2, -0.15) is 0 Å². The van der Waals surface area contributed by atoms with Gasteiger partial charge in [0.2, 0.25) is 5.39 Å². The number of halogens is 8. The fourth-order valence-corrected chi connectivity index (χ4v) is 1.69. The van der Waals surface area contributed by atoms with Gasteiger partial charge in [0.1, 0.15) is 4.47 Å². The van der Waals surface area contributed by atoms with Crippen LogP contribution in [0.1, 0.15) is 0 Å². The SMILES string of the molecule is F[As-](F)(F)(F)(F)F.N#[N+]c1ccc(Br)cc1Br. The van der Waals surface area contributed by atoms with Crippen LogP contribution < -0.4 is 0 Å². The smallest absolute Gasteiger partial charge is 0.0508 e. The molecule has 11 heteroatoms. The summed E-state index contributed by atoms with van der Waals surface area (Å²) in [6.45, 7) is 0. The summed E-state index contributed by atoms with van der Waals surface area (Å²) in [6.07, 6.45) is 0. The first-order chi connectivity index (χ1) is 7.19. The van der Waals surface area contributed by atoms with Crippen molar-refractivity contribution in [3.05, 3.63) is 32.1 Å². The van der Waals surface area contributed by atoms with Crippen LogP contribution in [0.5, 0.6) is 0 Å². The Kier molecular flexibility index (Phi) is 4.37. The minimum atomic E-state index is -11.1. The molecule has 0 aromatic heterocycles. The van der Waals surface area contributed by atoms with E-state index in [2.05, 4.69) is 36.8 Å². The molecule has 0 atom stereocenters. The average Bonchev–Trinajstić information content (AvgIpc) is 1.98. The van der Waals surface area contributed by atoms with Gasteiger partial charge in [0, 0.05) is 10.5 Å². The van der Waals surface area contributed by atoms with Crippen LogP contribution in [0.4, 0.5) is 26.5 Å². The molecular formula is C6H3AsBr2F6N2. The molecule has 0 fully saturated rings. The van der Waals surface area contributed by atoms with E-state index in [4.69, 9.17) is 5.39 Å². The van der Waals surface area contributed by atoms with E-state index in [1.54, 1.807) is 12.1 Å². The van der Waals surface area contributed by atoms with Gasteiger partial charge in [-0.3, -0.25) is 0 Å². The zero-order valence-electron chi connectivity index (χ0n) is 7.60. The fourth-order valence-electron chi connectivity index (χ4n) is 0.562. The van der Waals surface area contributed by atoms with Crippen molar-refractivity contribution in [3.63, 3.8) is 0 Å². The van der Waals surface area contributed by atoms with E-state index in [0.717, 1.165) is 8.95 Å². The van der Waals surface area contributed by atoms with Gasteiger partial charge in [0.15, 0.2) is 4.98 Å². The van der Waals surface area contributed by atoms with Gasteiger partial charge in [-0.05, 0) is 28.1 Å². The van der Waals surface area contributed by atoms with E-state index < -0.39 is 14.2 Å². The maximum Gasteiger partial charge on any atom is 0.399 e. The second-order valence-corrected chi connectivity index (χ2v) is 8.45. The quantitative estimate of drug-likeness (QED) is 0.277. The third-order valence-electron chi connectivity index (χ3n) is 1.02. The summed E-state index contributed by atoms with van der Waals surface area (Å²) in [5.74, 6) is 0. The van der Waals surface area contributed by atoms with Crippen molar-refractivity contribution in [1.82, 2.24) is 0 Å². The Balaban J connectivity index is 0.000000325. The first-order valence-corrected chi connectivity index (χ1v) is 9.40. The fraction of sp³-hybridized carbons (Fsp3) is 0. The number of hydrogen-bond donors (Lipinski definition) is 0. The molecule has 0 spiro atoms. The van der Waals surface area contributed by atoms with Gasteiger partial charge in [-0.15, -0.1) is 0 Å². The van der Waals surface area contributed by atoms with Crippen molar-refractivity contribution < 1.29 is 20.8 Å². The molecule has 1 aromatic rings. The van der Waals surface area contributed by atoms with E-state index in [0.29, 0.717) is 5.69 Å². The first kappa shape index (κ1) is 16.7. The Morgan fingerprint density at radius 2 is 1.41 bits per heavy atom. The molecule has 0 saturated heterocycles. The summed E-state index contributed by atoms with van der Waals surface area (Å²) in [6, 6.07) is 5.32. The molecule has 17 heavy (non-hydrogen) atoms. The molecule has 0 aliphatic rings. The molecule has 0 amide bonds. The van der Waals surface area contributed by atoms with Crippen molar-refractivity contribution in [2.45, 2.75) is 0 Å². The molecule has 98 valence electrons.